The van der Waals surface area contributed by atoms with E-state index in [1.54, 1.807) is 7.05 Å². The Hall–Kier alpha value is -0.0500. The van der Waals surface area contributed by atoms with E-state index in [0.29, 0.717) is 10.2 Å². The minimum Gasteiger partial charge on any atom is -0.359 e. The third kappa shape index (κ3) is 0.709. The molecular weight excluding hydrogens is 242 g/mol. The lowest BCUT2D eigenvalue weighted by Crippen LogP contribution is -2.69. The number of fused-ring (bicyclic) bond motifs is 1. The van der Waals surface area contributed by atoms with Gasteiger partial charge in [0.25, 0.3) is 0 Å². The summed E-state index contributed by atoms with van der Waals surface area (Å²) >= 11 is 3.72. The molecular formula is C11H18BrNO. The van der Waals surface area contributed by atoms with E-state index in [0.717, 1.165) is 12.8 Å². The van der Waals surface area contributed by atoms with E-state index in [1.807, 2.05) is 0 Å². The fraction of sp³-hybridized carbons (Fsp3) is 0.909. The van der Waals surface area contributed by atoms with Crippen molar-refractivity contribution in [1.29, 1.82) is 0 Å². The van der Waals surface area contributed by atoms with Gasteiger partial charge in [0.1, 0.15) is 0 Å². The average Bonchev–Trinajstić information content (AvgIpc) is 2.54. The van der Waals surface area contributed by atoms with Gasteiger partial charge in [-0.25, -0.2) is 0 Å². The Balaban J connectivity index is 2.44. The molecule has 0 aromatic rings. The molecule has 3 unspecified atom stereocenters. The van der Waals surface area contributed by atoms with Gasteiger partial charge in [-0.15, -0.1) is 0 Å². The second-order valence-corrected chi connectivity index (χ2v) is 6.37. The Morgan fingerprint density at radius 2 is 1.93 bits per heavy atom. The SMILES string of the molecule is CNC(=O)C12CCC(C)(C1Br)C2(C)C. The summed E-state index contributed by atoms with van der Waals surface area (Å²) in [6, 6.07) is 0. The molecule has 0 spiro atoms. The van der Waals surface area contributed by atoms with Crippen LogP contribution in [0.25, 0.3) is 0 Å². The van der Waals surface area contributed by atoms with Crippen LogP contribution in [-0.4, -0.2) is 17.8 Å². The number of halogens is 1. The van der Waals surface area contributed by atoms with Crippen LogP contribution in [0.4, 0.5) is 0 Å². The Bertz CT molecular complexity index is 302. The molecule has 2 bridgehead atoms. The zero-order valence-electron chi connectivity index (χ0n) is 9.28. The summed E-state index contributed by atoms with van der Waals surface area (Å²) in [7, 11) is 1.74. The van der Waals surface area contributed by atoms with Crippen molar-refractivity contribution >= 4 is 21.8 Å². The molecule has 0 aromatic heterocycles. The molecule has 0 aromatic carbocycles. The molecule has 0 radical (unpaired) electrons. The standard InChI is InChI=1S/C11H18BrNO/c1-9(2)10(3)5-6-11(9,7(10)12)8(14)13-4/h7H,5-6H2,1-4H3,(H,13,14). The number of alkyl halides is 1. The maximum Gasteiger partial charge on any atom is 0.227 e. The normalized spacial score (nSPS) is 48.5. The van der Waals surface area contributed by atoms with Crippen molar-refractivity contribution in [2.75, 3.05) is 7.05 Å². The van der Waals surface area contributed by atoms with Crippen molar-refractivity contribution in [3.8, 4) is 0 Å². The van der Waals surface area contributed by atoms with Gasteiger partial charge in [0.15, 0.2) is 0 Å². The zero-order valence-corrected chi connectivity index (χ0v) is 10.9. The number of amides is 1. The second kappa shape index (κ2) is 2.55. The summed E-state index contributed by atoms with van der Waals surface area (Å²) in [5.74, 6) is 0.208. The highest BCUT2D eigenvalue weighted by Gasteiger charge is 2.79. The van der Waals surface area contributed by atoms with Gasteiger partial charge >= 0.3 is 0 Å². The Labute approximate surface area is 94.0 Å². The van der Waals surface area contributed by atoms with E-state index in [4.69, 9.17) is 0 Å². The van der Waals surface area contributed by atoms with Gasteiger partial charge in [-0.05, 0) is 23.7 Å². The number of hydrogen-bond donors (Lipinski definition) is 1. The summed E-state index contributed by atoms with van der Waals surface area (Å²) in [5.41, 5.74) is 0.240. The Morgan fingerprint density at radius 1 is 1.36 bits per heavy atom. The van der Waals surface area contributed by atoms with E-state index in [9.17, 15) is 4.79 Å². The van der Waals surface area contributed by atoms with Gasteiger partial charge < -0.3 is 5.32 Å². The van der Waals surface area contributed by atoms with E-state index in [2.05, 4.69) is 42.0 Å². The fourth-order valence-electron chi connectivity index (χ4n) is 3.68. The first-order valence-corrected chi connectivity index (χ1v) is 6.12. The lowest BCUT2D eigenvalue weighted by Gasteiger charge is -2.64. The van der Waals surface area contributed by atoms with E-state index in [1.165, 1.54) is 0 Å². The van der Waals surface area contributed by atoms with E-state index < -0.39 is 0 Å². The number of nitrogens with one attached hydrogen (secondary N) is 1. The molecule has 3 rings (SSSR count). The predicted molar refractivity (Wildman–Crippen MR) is 60.3 cm³/mol. The summed E-state index contributed by atoms with van der Waals surface area (Å²) < 4.78 is 0. The summed E-state index contributed by atoms with van der Waals surface area (Å²) in [5, 5.41) is 2.82. The molecule has 0 saturated heterocycles. The summed E-state index contributed by atoms with van der Waals surface area (Å²) in [4.78, 5) is 12.3. The van der Waals surface area contributed by atoms with Crippen molar-refractivity contribution in [1.82, 2.24) is 5.32 Å². The fourth-order valence-corrected chi connectivity index (χ4v) is 5.49. The molecule has 0 heterocycles. The van der Waals surface area contributed by atoms with E-state index >= 15 is 0 Å². The van der Waals surface area contributed by atoms with Gasteiger partial charge in [-0.1, -0.05) is 36.7 Å². The van der Waals surface area contributed by atoms with E-state index in [-0.39, 0.29) is 16.7 Å². The topological polar surface area (TPSA) is 29.1 Å². The highest BCUT2D eigenvalue weighted by Crippen LogP contribution is 2.79. The molecule has 3 aliphatic rings. The van der Waals surface area contributed by atoms with Crippen LogP contribution >= 0.6 is 15.9 Å². The quantitative estimate of drug-likeness (QED) is 0.720. The molecule has 3 atom stereocenters. The molecule has 3 aliphatic carbocycles. The minimum absolute atomic E-state index is 0.119. The molecule has 0 aliphatic heterocycles. The predicted octanol–water partition coefficient (Wildman–Crippen LogP) is 2.32. The van der Waals surface area contributed by atoms with Crippen LogP contribution in [-0.2, 0) is 4.79 Å². The third-order valence-electron chi connectivity index (χ3n) is 5.21. The van der Waals surface area contributed by atoms with Crippen LogP contribution in [0, 0.1) is 16.2 Å². The van der Waals surface area contributed by atoms with Crippen LogP contribution in [0.15, 0.2) is 0 Å². The van der Waals surface area contributed by atoms with Crippen LogP contribution in [0.5, 0.6) is 0 Å². The van der Waals surface area contributed by atoms with Crippen molar-refractivity contribution in [3.05, 3.63) is 0 Å². The first-order valence-electron chi connectivity index (χ1n) is 5.21. The monoisotopic (exact) mass is 259 g/mol. The molecule has 3 heteroatoms. The minimum atomic E-state index is -0.170. The van der Waals surface area contributed by atoms with Gasteiger partial charge in [0, 0.05) is 11.9 Å². The Morgan fingerprint density at radius 3 is 2.21 bits per heavy atom. The van der Waals surface area contributed by atoms with Crippen LogP contribution in [0.1, 0.15) is 33.6 Å². The van der Waals surface area contributed by atoms with Gasteiger partial charge in [-0.2, -0.15) is 0 Å². The summed E-state index contributed by atoms with van der Waals surface area (Å²) in [6.45, 7) is 6.75. The number of carbonyl (C=O) groups is 1. The zero-order chi connectivity index (χ0) is 10.8. The smallest absolute Gasteiger partial charge is 0.227 e. The largest absolute Gasteiger partial charge is 0.359 e. The molecule has 14 heavy (non-hydrogen) atoms. The van der Waals surface area contributed by atoms with Crippen LogP contribution in [0.3, 0.4) is 0 Å². The molecule has 1 amide bonds. The first kappa shape index (κ1) is 10.5. The van der Waals surface area contributed by atoms with Crippen molar-refractivity contribution in [2.45, 2.75) is 38.4 Å². The van der Waals surface area contributed by atoms with Gasteiger partial charge in [-0.3, -0.25) is 4.79 Å². The molecule has 3 fully saturated rings. The highest BCUT2D eigenvalue weighted by atomic mass is 79.9. The van der Waals surface area contributed by atoms with Crippen LogP contribution in [0.2, 0.25) is 0 Å². The third-order valence-corrected chi connectivity index (χ3v) is 7.00. The molecule has 2 nitrogen and oxygen atoms in total. The lowest BCUT2D eigenvalue weighted by molar-refractivity contribution is -0.161. The number of rotatable bonds is 1. The van der Waals surface area contributed by atoms with Gasteiger partial charge in [0.05, 0.1) is 5.41 Å². The highest BCUT2D eigenvalue weighted by molar-refractivity contribution is 9.09. The van der Waals surface area contributed by atoms with Crippen molar-refractivity contribution < 1.29 is 4.79 Å². The van der Waals surface area contributed by atoms with Crippen LogP contribution < -0.4 is 5.32 Å². The number of hydrogen-bond acceptors (Lipinski definition) is 1. The Kier molecular flexibility index (Phi) is 1.90. The lowest BCUT2D eigenvalue weighted by atomic mass is 9.43. The maximum absolute atomic E-state index is 12.0. The van der Waals surface area contributed by atoms with Crippen molar-refractivity contribution in [2.24, 2.45) is 16.2 Å². The maximum atomic E-state index is 12.0. The molecule has 1 N–H and O–H groups in total. The average molecular weight is 260 g/mol. The number of carbonyl (C=O) groups excluding carboxylic acids is 1. The first-order chi connectivity index (χ1) is 6.34. The second-order valence-electron chi connectivity index (χ2n) is 5.46. The summed E-state index contributed by atoms with van der Waals surface area (Å²) in [6.07, 6.45) is 2.18. The van der Waals surface area contributed by atoms with Gasteiger partial charge in [0.2, 0.25) is 5.91 Å². The molecule has 3 saturated carbocycles. The van der Waals surface area contributed by atoms with Crippen molar-refractivity contribution in [3.63, 3.8) is 0 Å². The molecule has 80 valence electrons.